The Balaban J connectivity index is 1.99. The summed E-state index contributed by atoms with van der Waals surface area (Å²) in [4.78, 5) is 12.5. The first-order valence-electron chi connectivity index (χ1n) is 8.55. The van der Waals surface area contributed by atoms with Crippen LogP contribution in [0, 0.1) is 5.82 Å². The molecule has 8 heteroatoms. The van der Waals surface area contributed by atoms with Crippen LogP contribution in [0.25, 0.3) is 0 Å². The van der Waals surface area contributed by atoms with Gasteiger partial charge in [0, 0.05) is 0 Å². The predicted molar refractivity (Wildman–Crippen MR) is 114 cm³/mol. The van der Waals surface area contributed by atoms with Crippen LogP contribution < -0.4 is 0 Å². The number of carbonyl (C=O) groups is 1. The van der Waals surface area contributed by atoms with E-state index in [1.807, 2.05) is 24.3 Å². The minimum Gasteiger partial charge on any atom is -0.460 e. The summed E-state index contributed by atoms with van der Waals surface area (Å²) >= 11 is 18.4. The number of aryl methyl sites for hydroxylation is 1. The molecule has 1 atom stereocenters. The quantitative estimate of drug-likeness (QED) is 0.412. The zero-order valence-corrected chi connectivity index (χ0v) is 18.0. The number of ether oxygens (including phenoxy) is 1. The van der Waals surface area contributed by atoms with E-state index in [2.05, 4.69) is 0 Å². The Labute approximate surface area is 183 Å². The van der Waals surface area contributed by atoms with Gasteiger partial charge in [0.2, 0.25) is 3.79 Å². The van der Waals surface area contributed by atoms with Gasteiger partial charge in [0.25, 0.3) is 0 Å². The van der Waals surface area contributed by atoms with Crippen LogP contribution in [-0.4, -0.2) is 32.5 Å². The van der Waals surface area contributed by atoms with Gasteiger partial charge in [0.1, 0.15) is 17.7 Å². The van der Waals surface area contributed by atoms with E-state index in [0.717, 1.165) is 16.7 Å². The summed E-state index contributed by atoms with van der Waals surface area (Å²) in [6.07, 6.45) is 1.13. The first kappa shape index (κ1) is 23.3. The molecule has 2 aromatic rings. The zero-order chi connectivity index (χ0) is 20.6. The molecule has 2 rings (SSSR count). The van der Waals surface area contributed by atoms with Crippen LogP contribution in [0.3, 0.4) is 0 Å². The molecule has 0 fully saturated rings. The maximum Gasteiger partial charge on any atom is 0.319 e. The molecule has 0 heterocycles. The average Bonchev–Trinajstić information content (AvgIpc) is 2.67. The molecule has 1 unspecified atom stereocenters. The number of carbonyl (C=O) groups excluding carboxylic acids is 1. The van der Waals surface area contributed by atoms with Gasteiger partial charge in [-0.25, -0.2) is 4.39 Å². The van der Waals surface area contributed by atoms with Gasteiger partial charge in [0.05, 0.1) is 6.61 Å². The SMILES string of the molecule is O=C(OCC(Cl)(Cl)Cl)C(Cc1ccc(CO)cc1)SCCc1ccc(F)cc1. The van der Waals surface area contributed by atoms with Gasteiger partial charge in [-0.15, -0.1) is 11.8 Å². The highest BCUT2D eigenvalue weighted by Gasteiger charge is 2.26. The molecule has 0 spiro atoms. The maximum atomic E-state index is 13.0. The summed E-state index contributed by atoms with van der Waals surface area (Å²) in [5.74, 6) is -0.0917. The number of alkyl halides is 3. The number of halogens is 4. The van der Waals surface area contributed by atoms with Crippen LogP contribution in [0.5, 0.6) is 0 Å². The molecule has 0 radical (unpaired) electrons. The first-order chi connectivity index (χ1) is 13.3. The van der Waals surface area contributed by atoms with Crippen molar-refractivity contribution in [2.75, 3.05) is 12.4 Å². The molecule has 28 heavy (non-hydrogen) atoms. The Hall–Kier alpha value is -0.980. The molecule has 0 aliphatic rings. The third-order valence-electron chi connectivity index (χ3n) is 3.89. The zero-order valence-electron chi connectivity index (χ0n) is 14.9. The number of thioether (sulfide) groups is 1. The van der Waals surface area contributed by atoms with E-state index < -0.39 is 15.0 Å². The highest BCUT2D eigenvalue weighted by atomic mass is 35.6. The van der Waals surface area contributed by atoms with Gasteiger partial charge in [-0.05, 0) is 47.4 Å². The van der Waals surface area contributed by atoms with Crippen molar-refractivity contribution in [3.05, 3.63) is 71.0 Å². The van der Waals surface area contributed by atoms with Crippen LogP contribution in [0.2, 0.25) is 0 Å². The largest absolute Gasteiger partial charge is 0.460 e. The lowest BCUT2D eigenvalue weighted by Gasteiger charge is -2.18. The third-order valence-corrected chi connectivity index (χ3v) is 5.42. The first-order valence-corrected chi connectivity index (χ1v) is 10.7. The minimum atomic E-state index is -1.66. The second-order valence-corrected chi connectivity index (χ2v) is 9.96. The molecule has 0 aliphatic carbocycles. The average molecular weight is 466 g/mol. The van der Waals surface area contributed by atoms with Crippen LogP contribution >= 0.6 is 46.6 Å². The summed E-state index contributed by atoms with van der Waals surface area (Å²) in [5, 5.41) is 8.67. The van der Waals surface area contributed by atoms with E-state index >= 15 is 0 Å². The molecule has 0 amide bonds. The molecule has 3 nitrogen and oxygen atoms in total. The lowest BCUT2D eigenvalue weighted by molar-refractivity contribution is -0.142. The van der Waals surface area contributed by atoms with Gasteiger partial charge in [-0.3, -0.25) is 4.79 Å². The van der Waals surface area contributed by atoms with Crippen molar-refractivity contribution in [1.82, 2.24) is 0 Å². The van der Waals surface area contributed by atoms with Crippen LogP contribution in [0.15, 0.2) is 48.5 Å². The van der Waals surface area contributed by atoms with Gasteiger partial charge in [-0.2, -0.15) is 0 Å². The van der Waals surface area contributed by atoms with E-state index in [0.29, 0.717) is 18.6 Å². The van der Waals surface area contributed by atoms with E-state index in [1.54, 1.807) is 12.1 Å². The molecule has 152 valence electrons. The Bertz CT molecular complexity index is 749. The fraction of sp³-hybridized carbons (Fsp3) is 0.350. The maximum absolute atomic E-state index is 13.0. The molecule has 0 saturated heterocycles. The van der Waals surface area contributed by atoms with Gasteiger partial charge in [-0.1, -0.05) is 71.2 Å². The molecule has 2 aromatic carbocycles. The summed E-state index contributed by atoms with van der Waals surface area (Å²) in [6, 6.07) is 13.6. The number of rotatable bonds is 9. The van der Waals surface area contributed by atoms with Crippen LogP contribution in [0.4, 0.5) is 4.39 Å². The monoisotopic (exact) mass is 464 g/mol. The molecular formula is C20H20Cl3FO3S. The number of esters is 1. The topological polar surface area (TPSA) is 46.5 Å². The molecule has 1 N–H and O–H groups in total. The Morgan fingerprint density at radius 3 is 2.18 bits per heavy atom. The summed E-state index contributed by atoms with van der Waals surface area (Å²) in [6.45, 7) is -0.365. The van der Waals surface area contributed by atoms with Crippen molar-refractivity contribution >= 4 is 52.5 Å². The van der Waals surface area contributed by atoms with Crippen LogP contribution in [-0.2, 0) is 29.0 Å². The van der Waals surface area contributed by atoms with E-state index in [-0.39, 0.29) is 19.0 Å². The number of hydrogen-bond acceptors (Lipinski definition) is 4. The summed E-state index contributed by atoms with van der Waals surface area (Å²) < 4.78 is 16.5. The van der Waals surface area contributed by atoms with Gasteiger partial charge >= 0.3 is 5.97 Å². The highest BCUT2D eigenvalue weighted by molar-refractivity contribution is 8.00. The van der Waals surface area contributed by atoms with E-state index in [1.165, 1.54) is 23.9 Å². The molecule has 0 saturated carbocycles. The third kappa shape index (κ3) is 8.58. The number of aliphatic hydroxyl groups excluding tert-OH is 1. The van der Waals surface area contributed by atoms with Crippen molar-refractivity contribution in [2.24, 2.45) is 0 Å². The smallest absolute Gasteiger partial charge is 0.319 e. The second-order valence-electron chi connectivity index (χ2n) is 6.14. The van der Waals surface area contributed by atoms with Crippen molar-refractivity contribution in [2.45, 2.75) is 28.5 Å². The predicted octanol–water partition coefficient (Wildman–Crippen LogP) is 5.12. The molecule has 0 bridgehead atoms. The Morgan fingerprint density at radius 1 is 1.04 bits per heavy atom. The Kier molecular flexibility index (Phi) is 9.38. The standard InChI is InChI=1S/C20H20Cl3FO3S/c21-20(22,23)13-27-19(26)18(11-15-1-3-16(12-25)4-2-15)28-10-9-14-5-7-17(24)8-6-14/h1-8,18,25H,9-13H2. The molecular weight excluding hydrogens is 446 g/mol. The number of aliphatic hydroxyl groups is 1. The van der Waals surface area contributed by atoms with E-state index in [4.69, 9.17) is 44.6 Å². The Morgan fingerprint density at radius 2 is 1.61 bits per heavy atom. The van der Waals surface area contributed by atoms with Crippen molar-refractivity contribution in [1.29, 1.82) is 0 Å². The number of hydrogen-bond donors (Lipinski definition) is 1. The van der Waals surface area contributed by atoms with Crippen molar-refractivity contribution < 1.29 is 19.0 Å². The lowest BCUT2D eigenvalue weighted by Crippen LogP contribution is -2.27. The second kappa shape index (κ2) is 11.3. The molecule has 0 aliphatic heterocycles. The highest BCUT2D eigenvalue weighted by Crippen LogP contribution is 2.27. The summed E-state index contributed by atoms with van der Waals surface area (Å²) in [5.41, 5.74) is 2.71. The normalized spacial score (nSPS) is 12.6. The molecule has 0 aromatic heterocycles. The van der Waals surface area contributed by atoms with Crippen molar-refractivity contribution in [3.63, 3.8) is 0 Å². The fourth-order valence-electron chi connectivity index (χ4n) is 2.42. The van der Waals surface area contributed by atoms with Gasteiger partial charge < -0.3 is 9.84 Å². The lowest BCUT2D eigenvalue weighted by atomic mass is 10.1. The van der Waals surface area contributed by atoms with E-state index in [9.17, 15) is 9.18 Å². The van der Waals surface area contributed by atoms with Crippen molar-refractivity contribution in [3.8, 4) is 0 Å². The number of benzene rings is 2. The van der Waals surface area contributed by atoms with Crippen LogP contribution in [0.1, 0.15) is 16.7 Å². The fourth-order valence-corrected chi connectivity index (χ4v) is 3.74. The summed E-state index contributed by atoms with van der Waals surface area (Å²) in [7, 11) is 0. The minimum absolute atomic E-state index is 0.0403. The van der Waals surface area contributed by atoms with Gasteiger partial charge in [0.15, 0.2) is 0 Å².